The number of hydrogen-bond donors (Lipinski definition) is 1. The first-order valence-electron chi connectivity index (χ1n) is 6.84. The zero-order valence-electron chi connectivity index (χ0n) is 12.8. The van der Waals surface area contributed by atoms with E-state index in [1.807, 2.05) is 19.1 Å². The molecule has 4 nitrogen and oxygen atoms in total. The van der Waals surface area contributed by atoms with Gasteiger partial charge in [0.05, 0.1) is 17.2 Å². The smallest absolute Gasteiger partial charge is 0.266 e. The molecule has 1 N–H and O–H groups in total. The number of carbonyl (C=O) groups is 1. The summed E-state index contributed by atoms with van der Waals surface area (Å²) in [7, 11) is 0. The fraction of sp³-hybridized carbons (Fsp3) is 0.111. The van der Waals surface area contributed by atoms with Gasteiger partial charge in [-0.25, -0.2) is 0 Å². The summed E-state index contributed by atoms with van der Waals surface area (Å²) in [6.45, 7) is 7.20. The summed E-state index contributed by atoms with van der Waals surface area (Å²) in [4.78, 5) is 14.3. The van der Waals surface area contributed by atoms with Gasteiger partial charge >= 0.3 is 0 Å². The molecule has 1 heterocycles. The van der Waals surface area contributed by atoms with Crippen molar-refractivity contribution < 1.29 is 9.90 Å². The highest BCUT2D eigenvalue weighted by molar-refractivity contribution is 9.10. The van der Waals surface area contributed by atoms with Crippen molar-refractivity contribution >= 4 is 27.4 Å². The van der Waals surface area contributed by atoms with Gasteiger partial charge in [0.25, 0.3) is 5.91 Å². The minimum atomic E-state index is -0.402. The highest BCUT2D eigenvalue weighted by Crippen LogP contribution is 2.28. The van der Waals surface area contributed by atoms with Crippen LogP contribution in [-0.2, 0) is 4.79 Å². The van der Waals surface area contributed by atoms with Crippen molar-refractivity contribution in [2.75, 3.05) is 0 Å². The van der Waals surface area contributed by atoms with Crippen molar-refractivity contribution in [3.8, 4) is 6.07 Å². The maximum atomic E-state index is 12.9. The zero-order chi connectivity index (χ0) is 17.1. The zero-order valence-corrected chi connectivity index (χ0v) is 14.4. The molecule has 0 aliphatic carbocycles. The van der Waals surface area contributed by atoms with Gasteiger partial charge in [-0.3, -0.25) is 9.69 Å². The first-order valence-corrected chi connectivity index (χ1v) is 7.63. The number of amides is 1. The second kappa shape index (κ2) is 6.67. The summed E-state index contributed by atoms with van der Waals surface area (Å²) in [5, 5.41) is 19.1. The molecule has 0 saturated carbocycles. The molecule has 0 fully saturated rings. The molecule has 1 aromatic rings. The number of allylic oxidation sites excluding steroid dienone is 4. The molecular weight excluding hydrogens is 356 g/mol. The lowest BCUT2D eigenvalue weighted by atomic mass is 10.00. The van der Waals surface area contributed by atoms with Crippen LogP contribution in [0.15, 0.2) is 64.6 Å². The predicted molar refractivity (Wildman–Crippen MR) is 93.0 cm³/mol. The third-order valence-electron chi connectivity index (χ3n) is 3.44. The maximum Gasteiger partial charge on any atom is 0.266 e. The number of carbonyl (C=O) groups excluding carboxylic acids is 1. The molecule has 1 aliphatic rings. The van der Waals surface area contributed by atoms with Crippen LogP contribution in [0.4, 0.5) is 0 Å². The Morgan fingerprint density at radius 1 is 1.39 bits per heavy atom. The highest BCUT2D eigenvalue weighted by atomic mass is 79.9. The lowest BCUT2D eigenvalue weighted by molar-refractivity contribution is -0.121. The number of halogens is 1. The molecule has 2 rings (SSSR count). The Labute approximate surface area is 143 Å². The standard InChI is InChI=1S/C18H15BrN2O2/c1-11-5-4-6-21(12(11)2)18(23)17(13(3)22)15-7-14(10-20)8-16(19)9-15/h4-9,22H,2H2,1,3H3/b17-13+. The minimum Gasteiger partial charge on any atom is -0.512 e. The summed E-state index contributed by atoms with van der Waals surface area (Å²) >= 11 is 3.32. The quantitative estimate of drug-likeness (QED) is 0.618. The second-order valence-electron chi connectivity index (χ2n) is 5.11. The van der Waals surface area contributed by atoms with Crippen LogP contribution in [0.1, 0.15) is 25.0 Å². The Hall–Kier alpha value is -2.58. The fourth-order valence-electron chi connectivity index (χ4n) is 2.25. The summed E-state index contributed by atoms with van der Waals surface area (Å²) in [6, 6.07) is 6.93. The highest BCUT2D eigenvalue weighted by Gasteiger charge is 2.25. The summed E-state index contributed by atoms with van der Waals surface area (Å²) < 4.78 is 0.655. The van der Waals surface area contributed by atoms with Crippen molar-refractivity contribution in [3.63, 3.8) is 0 Å². The van der Waals surface area contributed by atoms with Crippen molar-refractivity contribution in [2.45, 2.75) is 13.8 Å². The molecule has 0 bridgehead atoms. The number of nitrogens with zero attached hydrogens (tertiary/aromatic N) is 2. The van der Waals surface area contributed by atoms with Crippen LogP contribution in [0.5, 0.6) is 0 Å². The van der Waals surface area contributed by atoms with Crippen LogP contribution in [0.3, 0.4) is 0 Å². The van der Waals surface area contributed by atoms with E-state index in [0.29, 0.717) is 21.3 Å². The third kappa shape index (κ3) is 3.43. The molecule has 5 heteroatoms. The van der Waals surface area contributed by atoms with Gasteiger partial charge in [-0.15, -0.1) is 0 Å². The molecule has 0 spiro atoms. The van der Waals surface area contributed by atoms with Crippen LogP contribution in [0, 0.1) is 11.3 Å². The molecule has 1 amide bonds. The van der Waals surface area contributed by atoms with Crippen LogP contribution < -0.4 is 0 Å². The number of aliphatic hydroxyl groups excluding tert-OH is 1. The third-order valence-corrected chi connectivity index (χ3v) is 3.90. The van der Waals surface area contributed by atoms with Crippen LogP contribution in [-0.4, -0.2) is 15.9 Å². The molecule has 0 atom stereocenters. The van der Waals surface area contributed by atoms with Gasteiger partial charge in [-0.1, -0.05) is 28.6 Å². The topological polar surface area (TPSA) is 64.3 Å². The van der Waals surface area contributed by atoms with Gasteiger partial charge in [0.2, 0.25) is 0 Å². The van der Waals surface area contributed by atoms with E-state index in [1.54, 1.807) is 30.5 Å². The Balaban J connectivity index is 2.52. The van der Waals surface area contributed by atoms with Crippen molar-refractivity contribution in [3.05, 3.63) is 75.8 Å². The molecule has 116 valence electrons. The van der Waals surface area contributed by atoms with E-state index < -0.39 is 5.91 Å². The lowest BCUT2D eigenvalue weighted by Gasteiger charge is -2.25. The first-order chi connectivity index (χ1) is 10.8. The predicted octanol–water partition coefficient (Wildman–Crippen LogP) is 4.43. The Bertz CT molecular complexity index is 822. The van der Waals surface area contributed by atoms with Gasteiger partial charge in [-0.2, -0.15) is 5.26 Å². The molecular formula is C18H15BrN2O2. The van der Waals surface area contributed by atoms with Gasteiger partial charge < -0.3 is 5.11 Å². The van der Waals surface area contributed by atoms with Crippen LogP contribution >= 0.6 is 15.9 Å². The average molecular weight is 371 g/mol. The van der Waals surface area contributed by atoms with Gasteiger partial charge in [0.15, 0.2) is 0 Å². The Kier molecular flexibility index (Phi) is 4.87. The maximum absolute atomic E-state index is 12.9. The number of aliphatic hydroxyl groups is 1. The second-order valence-corrected chi connectivity index (χ2v) is 6.03. The minimum absolute atomic E-state index is 0.120. The Morgan fingerprint density at radius 3 is 2.70 bits per heavy atom. The van der Waals surface area contributed by atoms with E-state index in [9.17, 15) is 9.90 Å². The fourth-order valence-corrected chi connectivity index (χ4v) is 2.74. The summed E-state index contributed by atoms with van der Waals surface area (Å²) in [6.07, 6.45) is 5.20. The molecule has 0 radical (unpaired) electrons. The van der Waals surface area contributed by atoms with E-state index in [4.69, 9.17) is 5.26 Å². The van der Waals surface area contributed by atoms with Crippen molar-refractivity contribution in [2.24, 2.45) is 0 Å². The summed E-state index contributed by atoms with van der Waals surface area (Å²) in [5.74, 6) is -0.522. The largest absolute Gasteiger partial charge is 0.512 e. The van der Waals surface area contributed by atoms with Gasteiger partial charge in [0.1, 0.15) is 5.76 Å². The number of hydrogen-bond acceptors (Lipinski definition) is 3. The van der Waals surface area contributed by atoms with Crippen molar-refractivity contribution in [1.29, 1.82) is 5.26 Å². The van der Waals surface area contributed by atoms with E-state index >= 15 is 0 Å². The van der Waals surface area contributed by atoms with Gasteiger partial charge in [0, 0.05) is 16.4 Å². The monoisotopic (exact) mass is 370 g/mol. The molecule has 0 saturated heterocycles. The average Bonchev–Trinajstić information content (AvgIpc) is 2.49. The molecule has 1 aromatic carbocycles. The number of nitriles is 1. The van der Waals surface area contributed by atoms with E-state index in [-0.39, 0.29) is 11.3 Å². The molecule has 23 heavy (non-hydrogen) atoms. The Morgan fingerprint density at radius 2 is 2.09 bits per heavy atom. The van der Waals surface area contributed by atoms with Crippen LogP contribution in [0.25, 0.3) is 5.57 Å². The number of benzene rings is 1. The number of rotatable bonds is 2. The van der Waals surface area contributed by atoms with Crippen LogP contribution in [0.2, 0.25) is 0 Å². The molecule has 0 unspecified atom stereocenters. The van der Waals surface area contributed by atoms with E-state index in [0.717, 1.165) is 5.57 Å². The first kappa shape index (κ1) is 16.8. The van der Waals surface area contributed by atoms with E-state index in [1.165, 1.54) is 11.8 Å². The summed E-state index contributed by atoms with van der Waals surface area (Å²) in [5.41, 5.74) is 2.40. The SMILES string of the molecule is C=C1C(C)=CC=CN1C(=O)/C(=C(\C)O)c1cc(Br)cc(C#N)c1. The molecule has 1 aliphatic heterocycles. The van der Waals surface area contributed by atoms with Crippen molar-refractivity contribution in [1.82, 2.24) is 4.90 Å². The normalized spacial score (nSPS) is 15.0. The molecule has 0 aromatic heterocycles. The van der Waals surface area contributed by atoms with E-state index in [2.05, 4.69) is 22.5 Å². The van der Waals surface area contributed by atoms with Gasteiger partial charge in [-0.05, 0) is 49.3 Å². The lowest BCUT2D eigenvalue weighted by Crippen LogP contribution is -2.28.